The average molecular weight is 367 g/mol. The van der Waals surface area contributed by atoms with Gasteiger partial charge in [0, 0.05) is 35.8 Å². The van der Waals surface area contributed by atoms with Crippen molar-refractivity contribution in [3.63, 3.8) is 0 Å². The van der Waals surface area contributed by atoms with E-state index in [1.54, 1.807) is 11.9 Å². The first kappa shape index (κ1) is 18.3. The quantitative estimate of drug-likeness (QED) is 0.810. The lowest BCUT2D eigenvalue weighted by molar-refractivity contribution is -0.132. The molecule has 0 bridgehead atoms. The Morgan fingerprint density at radius 3 is 2.33 bits per heavy atom. The summed E-state index contributed by atoms with van der Waals surface area (Å²) in [6.07, 6.45) is -4.95. The Morgan fingerprint density at radius 2 is 1.81 bits per heavy atom. The number of hydrogen-bond donors (Lipinski definition) is 1. The average Bonchev–Trinajstić information content (AvgIpc) is 2.32. The van der Waals surface area contributed by atoms with Gasteiger partial charge in [0.05, 0.1) is 6.42 Å². The third kappa shape index (κ3) is 7.18. The number of nitrogens with zero attached hydrogens (tertiary/aromatic N) is 1. The molecule has 6 heteroatoms. The highest BCUT2D eigenvalue weighted by molar-refractivity contribution is 9.10. The molecule has 21 heavy (non-hydrogen) atoms. The summed E-state index contributed by atoms with van der Waals surface area (Å²) in [6, 6.07) is 5.64. The second-order valence-corrected chi connectivity index (χ2v) is 7.08. The van der Waals surface area contributed by atoms with Crippen molar-refractivity contribution in [2.75, 3.05) is 18.5 Å². The summed E-state index contributed by atoms with van der Waals surface area (Å²) in [5.41, 5.74) is 1.74. The minimum Gasteiger partial charge on any atom is -0.374 e. The van der Waals surface area contributed by atoms with Gasteiger partial charge >= 0.3 is 6.18 Å². The number of halogens is 4. The molecule has 0 aliphatic carbocycles. The standard InChI is InChI=1S/C15H22BrF3N2/c1-14(2,3)20-10-11-9-12(16)5-6-13(11)21(4)8-7-15(17,18)19/h5-6,9,20H,7-8,10H2,1-4H3. The van der Waals surface area contributed by atoms with E-state index in [0.29, 0.717) is 6.54 Å². The fraction of sp³-hybridized carbons (Fsp3) is 0.600. The van der Waals surface area contributed by atoms with Gasteiger partial charge < -0.3 is 10.2 Å². The topological polar surface area (TPSA) is 15.3 Å². The Morgan fingerprint density at radius 1 is 1.19 bits per heavy atom. The molecule has 0 amide bonds. The van der Waals surface area contributed by atoms with Gasteiger partial charge in [-0.2, -0.15) is 13.2 Å². The van der Waals surface area contributed by atoms with Crippen molar-refractivity contribution in [2.45, 2.75) is 45.5 Å². The van der Waals surface area contributed by atoms with Crippen LogP contribution in [0.2, 0.25) is 0 Å². The SMILES string of the molecule is CN(CCC(F)(F)F)c1ccc(Br)cc1CNC(C)(C)C. The molecule has 0 fully saturated rings. The molecule has 120 valence electrons. The molecule has 0 atom stereocenters. The maximum Gasteiger partial charge on any atom is 0.390 e. The van der Waals surface area contributed by atoms with Crippen LogP contribution in [0.4, 0.5) is 18.9 Å². The summed E-state index contributed by atoms with van der Waals surface area (Å²) >= 11 is 3.41. The highest BCUT2D eigenvalue weighted by Crippen LogP contribution is 2.26. The number of hydrogen-bond acceptors (Lipinski definition) is 2. The summed E-state index contributed by atoms with van der Waals surface area (Å²) in [5, 5.41) is 3.36. The van der Waals surface area contributed by atoms with Crippen molar-refractivity contribution in [1.82, 2.24) is 5.32 Å². The zero-order chi connectivity index (χ0) is 16.3. The maximum absolute atomic E-state index is 12.4. The molecule has 0 saturated heterocycles. The van der Waals surface area contributed by atoms with Gasteiger partial charge in [0.2, 0.25) is 0 Å². The van der Waals surface area contributed by atoms with Crippen LogP contribution in [0.3, 0.4) is 0 Å². The number of rotatable bonds is 5. The Labute approximate surface area is 132 Å². The van der Waals surface area contributed by atoms with Gasteiger partial charge in [-0.15, -0.1) is 0 Å². The van der Waals surface area contributed by atoms with Crippen LogP contribution in [0.15, 0.2) is 22.7 Å². The van der Waals surface area contributed by atoms with Gasteiger partial charge in [-0.3, -0.25) is 0 Å². The van der Waals surface area contributed by atoms with Gasteiger partial charge in [-0.05, 0) is 44.5 Å². The third-order valence-corrected chi connectivity index (χ3v) is 3.49. The molecular weight excluding hydrogens is 345 g/mol. The Hall–Kier alpha value is -0.750. The zero-order valence-electron chi connectivity index (χ0n) is 12.8. The van der Waals surface area contributed by atoms with Crippen LogP contribution < -0.4 is 10.2 Å². The van der Waals surface area contributed by atoms with Gasteiger partial charge in [0.15, 0.2) is 0 Å². The second-order valence-electron chi connectivity index (χ2n) is 6.16. The molecule has 0 heterocycles. The molecule has 0 aliphatic heterocycles. The molecule has 0 radical (unpaired) electrons. The number of anilines is 1. The van der Waals surface area contributed by atoms with Crippen LogP contribution in [0.5, 0.6) is 0 Å². The van der Waals surface area contributed by atoms with Crippen molar-refractivity contribution < 1.29 is 13.2 Å². The molecule has 0 unspecified atom stereocenters. The summed E-state index contributed by atoms with van der Waals surface area (Å²) in [7, 11) is 1.69. The van der Waals surface area contributed by atoms with E-state index >= 15 is 0 Å². The van der Waals surface area contributed by atoms with Crippen molar-refractivity contribution in [3.8, 4) is 0 Å². The predicted molar refractivity (Wildman–Crippen MR) is 84.7 cm³/mol. The van der Waals surface area contributed by atoms with Crippen molar-refractivity contribution in [2.24, 2.45) is 0 Å². The Kier molecular flexibility index (Phi) is 6.11. The largest absolute Gasteiger partial charge is 0.390 e. The van der Waals surface area contributed by atoms with Gasteiger partial charge in [0.25, 0.3) is 0 Å². The number of alkyl halides is 3. The van der Waals surface area contributed by atoms with E-state index in [4.69, 9.17) is 0 Å². The summed E-state index contributed by atoms with van der Waals surface area (Å²) in [4.78, 5) is 1.65. The van der Waals surface area contributed by atoms with Gasteiger partial charge in [0.1, 0.15) is 0 Å². The van der Waals surface area contributed by atoms with Gasteiger partial charge in [-0.1, -0.05) is 15.9 Å². The molecule has 1 N–H and O–H groups in total. The van der Waals surface area contributed by atoms with E-state index in [0.717, 1.165) is 15.7 Å². The van der Waals surface area contributed by atoms with Crippen molar-refractivity contribution >= 4 is 21.6 Å². The van der Waals surface area contributed by atoms with E-state index in [1.807, 2.05) is 18.2 Å². The first-order valence-corrected chi connectivity index (χ1v) is 7.58. The fourth-order valence-corrected chi connectivity index (χ4v) is 2.25. The number of benzene rings is 1. The molecule has 1 aromatic carbocycles. The van der Waals surface area contributed by atoms with Crippen molar-refractivity contribution in [3.05, 3.63) is 28.2 Å². The van der Waals surface area contributed by atoms with E-state index in [9.17, 15) is 13.2 Å². The number of nitrogens with one attached hydrogen (secondary N) is 1. The molecule has 0 aliphatic rings. The smallest absolute Gasteiger partial charge is 0.374 e. The van der Waals surface area contributed by atoms with E-state index < -0.39 is 12.6 Å². The van der Waals surface area contributed by atoms with Crippen LogP contribution in [-0.2, 0) is 6.54 Å². The Balaban J connectivity index is 2.85. The molecular formula is C15H22BrF3N2. The molecule has 2 nitrogen and oxygen atoms in total. The highest BCUT2D eigenvalue weighted by atomic mass is 79.9. The van der Waals surface area contributed by atoms with Crippen LogP contribution >= 0.6 is 15.9 Å². The molecule has 1 rings (SSSR count). The second kappa shape index (κ2) is 7.01. The minimum atomic E-state index is -4.13. The monoisotopic (exact) mass is 366 g/mol. The first-order valence-electron chi connectivity index (χ1n) is 6.79. The zero-order valence-corrected chi connectivity index (χ0v) is 14.4. The van der Waals surface area contributed by atoms with Crippen LogP contribution in [0, 0.1) is 0 Å². The summed E-state index contributed by atoms with van der Waals surface area (Å²) in [6.45, 7) is 6.72. The van der Waals surface area contributed by atoms with E-state index in [-0.39, 0.29) is 12.1 Å². The van der Waals surface area contributed by atoms with E-state index in [2.05, 4.69) is 42.0 Å². The van der Waals surface area contributed by atoms with Crippen LogP contribution in [0.25, 0.3) is 0 Å². The lowest BCUT2D eigenvalue weighted by Gasteiger charge is -2.26. The molecule has 0 saturated carbocycles. The molecule has 1 aromatic rings. The Bertz CT molecular complexity index is 467. The third-order valence-electron chi connectivity index (χ3n) is 2.99. The van der Waals surface area contributed by atoms with Gasteiger partial charge in [-0.25, -0.2) is 0 Å². The molecule has 0 aromatic heterocycles. The predicted octanol–water partition coefficient (Wildman–Crippen LogP) is 4.73. The normalized spacial score (nSPS) is 12.6. The van der Waals surface area contributed by atoms with Crippen LogP contribution in [-0.4, -0.2) is 25.3 Å². The fourth-order valence-electron chi connectivity index (χ4n) is 1.84. The lowest BCUT2D eigenvalue weighted by atomic mass is 10.1. The first-order chi connectivity index (χ1) is 9.48. The summed E-state index contributed by atoms with van der Waals surface area (Å²) in [5.74, 6) is 0. The highest BCUT2D eigenvalue weighted by Gasteiger charge is 2.27. The summed E-state index contributed by atoms with van der Waals surface area (Å²) < 4.78 is 38.0. The van der Waals surface area contributed by atoms with E-state index in [1.165, 1.54) is 0 Å². The minimum absolute atomic E-state index is 0.0480. The lowest BCUT2D eigenvalue weighted by Crippen LogP contribution is -2.35. The molecule has 0 spiro atoms. The van der Waals surface area contributed by atoms with Crippen LogP contribution in [0.1, 0.15) is 32.8 Å². The maximum atomic E-state index is 12.4. The van der Waals surface area contributed by atoms with Crippen molar-refractivity contribution in [1.29, 1.82) is 0 Å².